The Kier molecular flexibility index (Phi) is 5.66. The summed E-state index contributed by atoms with van der Waals surface area (Å²) in [6, 6.07) is 0. The third-order valence-electron chi connectivity index (χ3n) is 2.60. The Balaban J connectivity index is 2.80. The molecule has 0 aliphatic heterocycles. The third kappa shape index (κ3) is 4.91. The maximum Gasteiger partial charge on any atom is 0.208 e. The summed E-state index contributed by atoms with van der Waals surface area (Å²) in [5.41, 5.74) is 3.33. The molecule has 1 aromatic rings. The minimum Gasteiger partial charge on any atom is -0.368 e. The lowest BCUT2D eigenvalue weighted by Crippen LogP contribution is -2.28. The predicted octanol–water partition coefficient (Wildman–Crippen LogP) is 0.155. The Labute approximate surface area is 119 Å². The molecule has 0 atom stereocenters. The van der Waals surface area contributed by atoms with Gasteiger partial charge in [-0.2, -0.15) is 0 Å². The van der Waals surface area contributed by atoms with Crippen LogP contribution in [0.15, 0.2) is 0 Å². The minimum absolute atomic E-state index is 0.164. The van der Waals surface area contributed by atoms with E-state index in [0.717, 1.165) is 11.8 Å². The van der Waals surface area contributed by atoms with Crippen molar-refractivity contribution in [2.24, 2.45) is 5.84 Å². The van der Waals surface area contributed by atoms with Crippen LogP contribution in [-0.4, -0.2) is 37.7 Å². The van der Waals surface area contributed by atoms with Crippen LogP contribution < -0.4 is 21.3 Å². The molecule has 0 amide bonds. The Morgan fingerprint density at radius 1 is 1.20 bits per heavy atom. The fraction of sp³-hybridized carbons (Fsp3) is 0.636. The number of nitrogens with two attached hydrogens (primary N) is 1. The van der Waals surface area contributed by atoms with Crippen LogP contribution in [0.1, 0.15) is 31.2 Å². The SMILES string of the molecule is Cc1c(NN)nc(C(C)C)nc1NCCNS(C)(=O)=O. The van der Waals surface area contributed by atoms with Gasteiger partial charge in [0.25, 0.3) is 0 Å². The van der Waals surface area contributed by atoms with E-state index in [4.69, 9.17) is 5.84 Å². The van der Waals surface area contributed by atoms with Crippen molar-refractivity contribution in [2.75, 3.05) is 30.1 Å². The zero-order chi connectivity index (χ0) is 15.3. The second-order valence-electron chi connectivity index (χ2n) is 4.80. The van der Waals surface area contributed by atoms with E-state index in [1.807, 2.05) is 20.8 Å². The zero-order valence-electron chi connectivity index (χ0n) is 12.2. The highest BCUT2D eigenvalue weighted by Crippen LogP contribution is 2.22. The van der Waals surface area contributed by atoms with Crippen molar-refractivity contribution in [1.82, 2.24) is 14.7 Å². The molecule has 0 radical (unpaired) electrons. The molecule has 0 aliphatic rings. The number of hydrazine groups is 1. The van der Waals surface area contributed by atoms with Crippen molar-refractivity contribution >= 4 is 21.7 Å². The van der Waals surface area contributed by atoms with Gasteiger partial charge < -0.3 is 10.7 Å². The number of sulfonamides is 1. The fourth-order valence-electron chi connectivity index (χ4n) is 1.52. The molecular weight excluding hydrogens is 280 g/mol. The highest BCUT2D eigenvalue weighted by Gasteiger charge is 2.12. The second kappa shape index (κ2) is 6.82. The van der Waals surface area contributed by atoms with Gasteiger partial charge in [0.05, 0.1) is 6.26 Å². The quantitative estimate of drug-likeness (QED) is 0.321. The molecule has 9 heteroatoms. The Morgan fingerprint density at radius 3 is 2.30 bits per heavy atom. The van der Waals surface area contributed by atoms with E-state index >= 15 is 0 Å². The highest BCUT2D eigenvalue weighted by atomic mass is 32.2. The van der Waals surface area contributed by atoms with Gasteiger partial charge in [-0.05, 0) is 6.92 Å². The summed E-state index contributed by atoms with van der Waals surface area (Å²) in [7, 11) is -3.18. The summed E-state index contributed by atoms with van der Waals surface area (Å²) >= 11 is 0. The smallest absolute Gasteiger partial charge is 0.208 e. The summed E-state index contributed by atoms with van der Waals surface area (Å²) < 4.78 is 24.3. The van der Waals surface area contributed by atoms with Crippen LogP contribution in [0.3, 0.4) is 0 Å². The number of aromatic nitrogens is 2. The topological polar surface area (TPSA) is 122 Å². The van der Waals surface area contributed by atoms with Crippen LogP contribution in [0, 0.1) is 6.92 Å². The lowest BCUT2D eigenvalue weighted by Gasteiger charge is -2.15. The Bertz CT molecular complexity index is 558. The number of nitrogen functional groups attached to an aromatic ring is 1. The molecular formula is C11H22N6O2S. The summed E-state index contributed by atoms with van der Waals surface area (Å²) in [5.74, 6) is 7.48. The van der Waals surface area contributed by atoms with Crippen molar-refractivity contribution in [2.45, 2.75) is 26.7 Å². The van der Waals surface area contributed by atoms with E-state index in [0.29, 0.717) is 24.0 Å². The average Bonchev–Trinajstić information content (AvgIpc) is 2.34. The molecule has 0 aliphatic carbocycles. The van der Waals surface area contributed by atoms with Crippen molar-refractivity contribution < 1.29 is 8.42 Å². The fourth-order valence-corrected chi connectivity index (χ4v) is 1.99. The van der Waals surface area contributed by atoms with Crippen molar-refractivity contribution in [3.8, 4) is 0 Å². The molecule has 20 heavy (non-hydrogen) atoms. The number of nitrogens with zero attached hydrogens (tertiary/aromatic N) is 2. The first-order chi connectivity index (χ1) is 9.24. The summed E-state index contributed by atoms with van der Waals surface area (Å²) in [6.07, 6.45) is 1.12. The summed E-state index contributed by atoms with van der Waals surface area (Å²) in [4.78, 5) is 8.74. The van der Waals surface area contributed by atoms with E-state index in [2.05, 4.69) is 25.4 Å². The van der Waals surface area contributed by atoms with E-state index in [1.165, 1.54) is 0 Å². The lowest BCUT2D eigenvalue weighted by atomic mass is 10.2. The molecule has 1 aromatic heterocycles. The standard InChI is InChI=1S/C11H22N6O2S/c1-7(2)9-15-10(8(3)11(16-9)17-12)13-5-6-14-20(4,18)19/h7,14H,5-6,12H2,1-4H3,(H2,13,15,16,17). The molecule has 0 saturated carbocycles. The van der Waals surface area contributed by atoms with Gasteiger partial charge >= 0.3 is 0 Å². The first-order valence-corrected chi connectivity index (χ1v) is 8.17. The molecule has 0 saturated heterocycles. The normalized spacial score (nSPS) is 11.7. The van der Waals surface area contributed by atoms with Crippen LogP contribution in [0.5, 0.6) is 0 Å². The van der Waals surface area contributed by atoms with Gasteiger partial charge in [-0.1, -0.05) is 13.8 Å². The largest absolute Gasteiger partial charge is 0.368 e. The number of rotatable bonds is 7. The van der Waals surface area contributed by atoms with Gasteiger partial charge in [-0.3, -0.25) is 0 Å². The number of hydrogen-bond donors (Lipinski definition) is 4. The van der Waals surface area contributed by atoms with Crippen LogP contribution in [-0.2, 0) is 10.0 Å². The number of hydrogen-bond acceptors (Lipinski definition) is 7. The highest BCUT2D eigenvalue weighted by molar-refractivity contribution is 7.88. The number of anilines is 2. The summed E-state index contributed by atoms with van der Waals surface area (Å²) in [6.45, 7) is 6.52. The molecule has 0 spiro atoms. The van der Waals surface area contributed by atoms with Crippen LogP contribution in [0.4, 0.5) is 11.6 Å². The zero-order valence-corrected chi connectivity index (χ0v) is 13.0. The van der Waals surface area contributed by atoms with Crippen molar-refractivity contribution in [3.63, 3.8) is 0 Å². The monoisotopic (exact) mass is 302 g/mol. The van der Waals surface area contributed by atoms with Gasteiger partial charge in [0.1, 0.15) is 17.5 Å². The second-order valence-corrected chi connectivity index (χ2v) is 6.63. The predicted molar refractivity (Wildman–Crippen MR) is 80.0 cm³/mol. The Morgan fingerprint density at radius 2 is 1.80 bits per heavy atom. The lowest BCUT2D eigenvalue weighted by molar-refractivity contribution is 0.589. The summed E-state index contributed by atoms with van der Waals surface area (Å²) in [5, 5.41) is 3.08. The molecule has 0 bridgehead atoms. The van der Waals surface area contributed by atoms with Crippen molar-refractivity contribution in [3.05, 3.63) is 11.4 Å². The molecule has 1 rings (SSSR count). The molecule has 0 fully saturated rings. The van der Waals surface area contributed by atoms with E-state index < -0.39 is 10.0 Å². The molecule has 0 aromatic carbocycles. The van der Waals surface area contributed by atoms with Crippen LogP contribution in [0.25, 0.3) is 0 Å². The minimum atomic E-state index is -3.18. The molecule has 1 heterocycles. The first kappa shape index (κ1) is 16.6. The maximum absolute atomic E-state index is 11.0. The maximum atomic E-state index is 11.0. The van der Waals surface area contributed by atoms with Gasteiger partial charge in [-0.25, -0.2) is 29.0 Å². The average molecular weight is 302 g/mol. The van der Waals surface area contributed by atoms with E-state index in [9.17, 15) is 8.42 Å². The van der Waals surface area contributed by atoms with Gasteiger partial charge in [0.15, 0.2) is 0 Å². The Hall–Kier alpha value is -1.45. The molecule has 0 unspecified atom stereocenters. The van der Waals surface area contributed by atoms with E-state index in [-0.39, 0.29) is 12.5 Å². The first-order valence-electron chi connectivity index (χ1n) is 6.28. The van der Waals surface area contributed by atoms with Crippen molar-refractivity contribution in [1.29, 1.82) is 0 Å². The number of nitrogens with one attached hydrogen (secondary N) is 3. The van der Waals surface area contributed by atoms with Crippen LogP contribution in [0.2, 0.25) is 0 Å². The third-order valence-corrected chi connectivity index (χ3v) is 3.33. The van der Waals surface area contributed by atoms with Gasteiger partial charge in [0.2, 0.25) is 10.0 Å². The molecule has 8 nitrogen and oxygen atoms in total. The molecule has 114 valence electrons. The van der Waals surface area contributed by atoms with Crippen LogP contribution >= 0.6 is 0 Å². The van der Waals surface area contributed by atoms with Gasteiger partial charge in [-0.15, -0.1) is 0 Å². The molecule has 5 N–H and O–H groups in total. The van der Waals surface area contributed by atoms with Gasteiger partial charge in [0, 0.05) is 24.6 Å². The van der Waals surface area contributed by atoms with E-state index in [1.54, 1.807) is 0 Å².